The standard InChI is InChI=1S/C15H15N3O2/c1-9-7-11(3-5-13(9)16)18-12-4-6-15(20)14(8-12)17-10(2)19/h3-8H,16H2,1-2H3,(H,17,19). The normalized spacial score (nSPS) is 16.2. The van der Waals surface area contributed by atoms with E-state index in [0.717, 1.165) is 11.3 Å². The molecule has 0 fully saturated rings. The van der Waals surface area contributed by atoms with E-state index in [1.807, 2.05) is 13.0 Å². The number of nitrogens with one attached hydrogen (secondary N) is 1. The molecule has 5 nitrogen and oxygen atoms in total. The number of nitrogens with two attached hydrogens (primary N) is 1. The molecule has 0 heterocycles. The third-order valence-electron chi connectivity index (χ3n) is 2.79. The van der Waals surface area contributed by atoms with Gasteiger partial charge in [0.25, 0.3) is 0 Å². The molecule has 0 unspecified atom stereocenters. The highest BCUT2D eigenvalue weighted by Gasteiger charge is 2.13. The minimum absolute atomic E-state index is 0.228. The van der Waals surface area contributed by atoms with Gasteiger partial charge < -0.3 is 11.1 Å². The van der Waals surface area contributed by atoms with Crippen molar-refractivity contribution in [2.75, 3.05) is 5.73 Å². The fourth-order valence-electron chi connectivity index (χ4n) is 1.75. The summed E-state index contributed by atoms with van der Waals surface area (Å²) >= 11 is 0. The molecule has 0 bridgehead atoms. The van der Waals surface area contributed by atoms with Crippen molar-refractivity contribution in [1.29, 1.82) is 0 Å². The first-order chi connectivity index (χ1) is 9.45. The fraction of sp³-hybridized carbons (Fsp3) is 0.133. The minimum atomic E-state index is -0.289. The molecule has 1 aliphatic carbocycles. The molecule has 1 aromatic rings. The number of carbonyl (C=O) groups excluding carboxylic acids is 2. The number of allylic oxidation sites excluding steroid dienone is 3. The van der Waals surface area contributed by atoms with Gasteiger partial charge in [0.15, 0.2) is 0 Å². The maximum absolute atomic E-state index is 11.6. The number of aryl methyl sites for hydroxylation is 1. The summed E-state index contributed by atoms with van der Waals surface area (Å²) < 4.78 is 0. The van der Waals surface area contributed by atoms with E-state index in [1.165, 1.54) is 13.0 Å². The van der Waals surface area contributed by atoms with Crippen LogP contribution in [0.4, 0.5) is 11.4 Å². The lowest BCUT2D eigenvalue weighted by molar-refractivity contribution is -0.120. The molecule has 0 saturated carbocycles. The summed E-state index contributed by atoms with van der Waals surface area (Å²) in [5, 5.41) is 2.49. The number of hydrogen-bond donors (Lipinski definition) is 2. The average molecular weight is 269 g/mol. The van der Waals surface area contributed by atoms with Crippen LogP contribution in [0.2, 0.25) is 0 Å². The van der Waals surface area contributed by atoms with E-state index in [4.69, 9.17) is 5.73 Å². The number of amides is 1. The second-order valence-electron chi connectivity index (χ2n) is 4.51. The van der Waals surface area contributed by atoms with Gasteiger partial charge in [-0.25, -0.2) is 4.99 Å². The highest BCUT2D eigenvalue weighted by molar-refractivity contribution is 6.20. The number of nitrogens with zero attached hydrogens (tertiary/aromatic N) is 1. The molecule has 1 aromatic carbocycles. The maximum atomic E-state index is 11.6. The highest BCUT2D eigenvalue weighted by atomic mass is 16.2. The summed E-state index contributed by atoms with van der Waals surface area (Å²) in [6.07, 6.45) is 4.54. The van der Waals surface area contributed by atoms with Crippen LogP contribution in [0.5, 0.6) is 0 Å². The molecule has 0 atom stereocenters. The van der Waals surface area contributed by atoms with Gasteiger partial charge in [0.2, 0.25) is 11.7 Å². The molecule has 1 aliphatic rings. The molecular weight excluding hydrogens is 254 g/mol. The van der Waals surface area contributed by atoms with Gasteiger partial charge in [-0.2, -0.15) is 0 Å². The summed E-state index contributed by atoms with van der Waals surface area (Å²) in [7, 11) is 0. The van der Waals surface area contributed by atoms with E-state index in [-0.39, 0.29) is 17.4 Å². The van der Waals surface area contributed by atoms with Crippen molar-refractivity contribution in [3.63, 3.8) is 0 Å². The van der Waals surface area contributed by atoms with Crippen LogP contribution in [0.3, 0.4) is 0 Å². The van der Waals surface area contributed by atoms with Gasteiger partial charge >= 0.3 is 0 Å². The van der Waals surface area contributed by atoms with Crippen molar-refractivity contribution < 1.29 is 9.59 Å². The molecule has 102 valence electrons. The maximum Gasteiger partial charge on any atom is 0.221 e. The summed E-state index contributed by atoms with van der Waals surface area (Å²) in [5.41, 5.74) is 8.96. The molecule has 0 aliphatic heterocycles. The molecule has 0 radical (unpaired) electrons. The van der Waals surface area contributed by atoms with Crippen LogP contribution in [0.15, 0.2) is 47.1 Å². The van der Waals surface area contributed by atoms with Crippen LogP contribution >= 0.6 is 0 Å². The second kappa shape index (κ2) is 5.52. The van der Waals surface area contributed by atoms with Gasteiger partial charge in [-0.3, -0.25) is 9.59 Å². The number of carbonyl (C=O) groups is 2. The Morgan fingerprint density at radius 3 is 2.70 bits per heavy atom. The second-order valence-corrected chi connectivity index (χ2v) is 4.51. The van der Waals surface area contributed by atoms with Crippen LogP contribution in [-0.2, 0) is 9.59 Å². The zero-order valence-corrected chi connectivity index (χ0v) is 11.3. The van der Waals surface area contributed by atoms with Crippen molar-refractivity contribution in [2.45, 2.75) is 13.8 Å². The van der Waals surface area contributed by atoms with Crippen LogP contribution in [0.25, 0.3) is 0 Å². The zero-order chi connectivity index (χ0) is 14.7. The van der Waals surface area contributed by atoms with Gasteiger partial charge in [0.05, 0.1) is 17.1 Å². The number of rotatable bonds is 2. The van der Waals surface area contributed by atoms with E-state index < -0.39 is 0 Å². The molecule has 0 spiro atoms. The molecule has 2 rings (SSSR count). The SMILES string of the molecule is CC(=O)NC1=CC(=Nc2ccc(N)c(C)c2)C=CC1=O. The number of ketones is 1. The van der Waals surface area contributed by atoms with Crippen molar-refractivity contribution in [3.8, 4) is 0 Å². The Bertz CT molecular complexity index is 670. The molecule has 0 saturated heterocycles. The predicted octanol–water partition coefficient (Wildman–Crippen LogP) is 1.81. The van der Waals surface area contributed by atoms with Gasteiger partial charge in [0.1, 0.15) is 0 Å². The average Bonchev–Trinajstić information content (AvgIpc) is 2.37. The van der Waals surface area contributed by atoms with E-state index in [9.17, 15) is 9.59 Å². The van der Waals surface area contributed by atoms with Crippen LogP contribution in [-0.4, -0.2) is 17.4 Å². The fourth-order valence-corrected chi connectivity index (χ4v) is 1.75. The topological polar surface area (TPSA) is 84.6 Å². The Morgan fingerprint density at radius 1 is 1.30 bits per heavy atom. The molecule has 5 heteroatoms. The molecule has 20 heavy (non-hydrogen) atoms. The van der Waals surface area contributed by atoms with Crippen LogP contribution in [0.1, 0.15) is 12.5 Å². The largest absolute Gasteiger partial charge is 0.399 e. The third kappa shape index (κ3) is 3.20. The van der Waals surface area contributed by atoms with Gasteiger partial charge in [-0.15, -0.1) is 0 Å². The smallest absolute Gasteiger partial charge is 0.221 e. The molecular formula is C15H15N3O2. The highest BCUT2D eigenvalue weighted by Crippen LogP contribution is 2.20. The first kappa shape index (κ1) is 13.7. The Morgan fingerprint density at radius 2 is 2.05 bits per heavy atom. The van der Waals surface area contributed by atoms with E-state index in [1.54, 1.807) is 24.3 Å². The third-order valence-corrected chi connectivity index (χ3v) is 2.79. The number of nitrogen functional groups attached to an aromatic ring is 1. The van der Waals surface area contributed by atoms with Crippen LogP contribution < -0.4 is 11.1 Å². The Kier molecular flexibility index (Phi) is 3.79. The predicted molar refractivity (Wildman–Crippen MR) is 78.7 cm³/mol. The van der Waals surface area contributed by atoms with Crippen LogP contribution in [0, 0.1) is 6.92 Å². The molecule has 0 aromatic heterocycles. The summed E-state index contributed by atoms with van der Waals surface area (Å²) in [6.45, 7) is 3.25. The minimum Gasteiger partial charge on any atom is -0.399 e. The van der Waals surface area contributed by atoms with E-state index >= 15 is 0 Å². The van der Waals surface area contributed by atoms with Gasteiger partial charge in [0, 0.05) is 12.6 Å². The number of aliphatic imine (C=N–C) groups is 1. The van der Waals surface area contributed by atoms with E-state index in [2.05, 4.69) is 10.3 Å². The lowest BCUT2D eigenvalue weighted by Gasteiger charge is -2.09. The quantitative estimate of drug-likeness (QED) is 0.634. The first-order valence-corrected chi connectivity index (χ1v) is 6.12. The lowest BCUT2D eigenvalue weighted by atomic mass is 10.1. The van der Waals surface area contributed by atoms with Crippen molar-refractivity contribution in [2.24, 2.45) is 4.99 Å². The van der Waals surface area contributed by atoms with Crippen molar-refractivity contribution >= 4 is 28.8 Å². The number of anilines is 1. The van der Waals surface area contributed by atoms with Gasteiger partial charge in [-0.05, 0) is 48.9 Å². The Labute approximate surface area is 116 Å². The number of hydrogen-bond acceptors (Lipinski definition) is 4. The van der Waals surface area contributed by atoms with Crippen molar-refractivity contribution in [1.82, 2.24) is 5.32 Å². The molecule has 1 amide bonds. The molecule has 3 N–H and O–H groups in total. The summed E-state index contributed by atoms with van der Waals surface area (Å²) in [4.78, 5) is 27.0. The lowest BCUT2D eigenvalue weighted by Crippen LogP contribution is -2.26. The monoisotopic (exact) mass is 269 g/mol. The Hall–Kier alpha value is -2.69. The van der Waals surface area contributed by atoms with E-state index in [0.29, 0.717) is 11.4 Å². The summed E-state index contributed by atoms with van der Waals surface area (Å²) in [5.74, 6) is -0.532. The zero-order valence-electron chi connectivity index (χ0n) is 11.3. The van der Waals surface area contributed by atoms with Gasteiger partial charge in [-0.1, -0.05) is 0 Å². The summed E-state index contributed by atoms with van der Waals surface area (Å²) in [6, 6.07) is 5.44. The Balaban J connectivity index is 2.31. The number of benzene rings is 1. The first-order valence-electron chi connectivity index (χ1n) is 6.12. The van der Waals surface area contributed by atoms with Crippen molar-refractivity contribution in [3.05, 3.63) is 47.7 Å².